The van der Waals surface area contributed by atoms with Crippen LogP contribution in [-0.4, -0.2) is 70.9 Å². The zero-order chi connectivity index (χ0) is 49.8. The molecule has 4 aromatic carbocycles. The third-order valence-corrected chi connectivity index (χ3v) is 14.4. The standard InChI is InChI=1S/C54H61ClN6O7S/c1-32-24-43(48(64)57-27-34-10-14-36(15-11-34)45-33(2)58-31-69-45)61(28-32)49(65)46(52(3,4)5)59-44(62)30-66-29-35-12-19-39(20-13-35)67-40-21-16-37(17-22-40)47(63)60-50-53(6,7)51(54(50,8)9)68-41-23-18-38(26-56)42(55)25-41/h10-23,25,31-32,43,46,50-51H,24,27-30H2,1-9H3,(H,57,64)(H,59,62)(H,60,63)/t32-,43+,46-,50?,51?/m1/s1. The van der Waals surface area contributed by atoms with E-state index in [1.807, 2.05) is 76.5 Å². The molecule has 0 spiro atoms. The van der Waals surface area contributed by atoms with Crippen LogP contribution in [0.25, 0.3) is 10.4 Å². The molecule has 0 unspecified atom stereocenters. The first kappa shape index (κ1) is 50.6. The van der Waals surface area contributed by atoms with Gasteiger partial charge in [-0.25, -0.2) is 4.98 Å². The van der Waals surface area contributed by atoms with Crippen LogP contribution in [0.5, 0.6) is 17.2 Å². The maximum absolute atomic E-state index is 14.2. The number of amides is 4. The molecule has 7 rings (SSSR count). The van der Waals surface area contributed by atoms with Crippen LogP contribution in [0.4, 0.5) is 0 Å². The molecular formula is C54H61ClN6O7S. The van der Waals surface area contributed by atoms with E-state index in [0.717, 1.165) is 27.3 Å². The fourth-order valence-electron chi connectivity index (χ4n) is 9.75. The smallest absolute Gasteiger partial charge is 0.251 e. The van der Waals surface area contributed by atoms with Crippen molar-refractivity contribution in [2.75, 3.05) is 13.2 Å². The number of carbonyl (C=O) groups is 4. The lowest BCUT2D eigenvalue weighted by molar-refractivity contribution is -0.164. The Labute approximate surface area is 413 Å². The molecule has 1 aromatic heterocycles. The number of carbonyl (C=O) groups excluding carboxylic acids is 4. The fourth-order valence-corrected chi connectivity index (χ4v) is 10.8. The summed E-state index contributed by atoms with van der Waals surface area (Å²) in [6.45, 7) is 18.5. The van der Waals surface area contributed by atoms with Crippen molar-refractivity contribution in [1.29, 1.82) is 5.26 Å². The van der Waals surface area contributed by atoms with Gasteiger partial charge in [-0.1, -0.05) is 103 Å². The third kappa shape index (κ3) is 11.6. The topological polar surface area (TPSA) is 172 Å². The number of ether oxygens (including phenoxy) is 3. The molecule has 15 heteroatoms. The summed E-state index contributed by atoms with van der Waals surface area (Å²) < 4.78 is 18.2. The van der Waals surface area contributed by atoms with Gasteiger partial charge in [-0.2, -0.15) is 5.26 Å². The number of benzene rings is 4. The van der Waals surface area contributed by atoms with E-state index in [4.69, 9.17) is 25.8 Å². The Morgan fingerprint density at radius 2 is 1.54 bits per heavy atom. The zero-order valence-corrected chi connectivity index (χ0v) is 42.2. The van der Waals surface area contributed by atoms with Crippen LogP contribution in [0.1, 0.15) is 94.6 Å². The number of nitrogens with one attached hydrogen (secondary N) is 3. The number of thiazole rings is 1. The average molecular weight is 974 g/mol. The van der Waals surface area contributed by atoms with Crippen LogP contribution < -0.4 is 25.4 Å². The number of nitrogens with zero attached hydrogens (tertiary/aromatic N) is 3. The van der Waals surface area contributed by atoms with Crippen molar-refractivity contribution >= 4 is 46.6 Å². The molecular weight excluding hydrogens is 912 g/mol. The van der Waals surface area contributed by atoms with E-state index in [1.54, 1.807) is 70.8 Å². The molecule has 0 radical (unpaired) electrons. The lowest BCUT2D eigenvalue weighted by atomic mass is 9.49. The highest BCUT2D eigenvalue weighted by molar-refractivity contribution is 7.13. The van der Waals surface area contributed by atoms with E-state index < -0.39 is 34.2 Å². The molecule has 2 fully saturated rings. The van der Waals surface area contributed by atoms with Crippen molar-refractivity contribution in [3.63, 3.8) is 0 Å². The maximum atomic E-state index is 14.2. The van der Waals surface area contributed by atoms with Gasteiger partial charge in [0.25, 0.3) is 5.91 Å². The number of aryl methyl sites for hydroxylation is 1. The van der Waals surface area contributed by atoms with Gasteiger partial charge in [-0.05, 0) is 89.9 Å². The summed E-state index contributed by atoms with van der Waals surface area (Å²) in [5.41, 5.74) is 5.06. The van der Waals surface area contributed by atoms with E-state index in [1.165, 1.54) is 0 Å². The SMILES string of the molecule is Cc1ncsc1-c1ccc(CNC(=O)[C@@H]2C[C@@H](C)CN2C(=O)[C@@H](NC(=O)COCc2ccc(Oc3ccc(C(=O)NC4C(C)(C)C(Oc5ccc(C#N)c(Cl)c5)C4(C)C)cc3)cc2)C(C)(C)C)cc1. The summed E-state index contributed by atoms with van der Waals surface area (Å²) >= 11 is 7.84. The van der Waals surface area contributed by atoms with Gasteiger partial charge in [0.2, 0.25) is 17.7 Å². The lowest BCUT2D eigenvalue weighted by Gasteiger charge is -2.63. The normalized spacial score (nSPS) is 19.6. The van der Waals surface area contributed by atoms with Crippen molar-refractivity contribution in [2.24, 2.45) is 22.2 Å². The Morgan fingerprint density at radius 3 is 2.13 bits per heavy atom. The Balaban J connectivity index is 0.859. The highest BCUT2D eigenvalue weighted by Gasteiger charge is 2.64. The third-order valence-electron chi connectivity index (χ3n) is 13.1. The molecule has 69 heavy (non-hydrogen) atoms. The van der Waals surface area contributed by atoms with Gasteiger partial charge in [0.1, 0.15) is 48.1 Å². The molecule has 1 aliphatic heterocycles. The van der Waals surface area contributed by atoms with Crippen LogP contribution in [0.2, 0.25) is 5.02 Å². The summed E-state index contributed by atoms with van der Waals surface area (Å²) in [6.07, 6.45) is 0.305. The summed E-state index contributed by atoms with van der Waals surface area (Å²) in [7, 11) is 0. The molecule has 1 saturated carbocycles. The second-order valence-electron chi connectivity index (χ2n) is 20.5. The number of likely N-dealkylation sites (tertiary alicyclic amines) is 1. The minimum Gasteiger partial charge on any atom is -0.489 e. The number of hydrogen-bond acceptors (Lipinski definition) is 10. The van der Waals surface area contributed by atoms with Crippen molar-refractivity contribution in [1.82, 2.24) is 25.8 Å². The maximum Gasteiger partial charge on any atom is 0.251 e. The molecule has 4 amide bonds. The first-order valence-electron chi connectivity index (χ1n) is 23.1. The van der Waals surface area contributed by atoms with E-state index in [0.29, 0.717) is 52.9 Å². The van der Waals surface area contributed by atoms with Crippen molar-refractivity contribution in [2.45, 2.75) is 106 Å². The van der Waals surface area contributed by atoms with Crippen molar-refractivity contribution in [3.05, 3.63) is 129 Å². The molecule has 13 nitrogen and oxygen atoms in total. The van der Waals surface area contributed by atoms with Crippen molar-refractivity contribution in [3.8, 4) is 33.8 Å². The Morgan fingerprint density at radius 1 is 0.913 bits per heavy atom. The molecule has 2 aliphatic rings. The summed E-state index contributed by atoms with van der Waals surface area (Å²) in [6, 6.07) is 27.6. The van der Waals surface area contributed by atoms with E-state index in [2.05, 4.69) is 54.7 Å². The molecule has 5 aromatic rings. The van der Waals surface area contributed by atoms with E-state index in [9.17, 15) is 24.4 Å². The van der Waals surface area contributed by atoms with Crippen LogP contribution in [0.3, 0.4) is 0 Å². The van der Waals surface area contributed by atoms with Gasteiger partial charge in [0.15, 0.2) is 0 Å². The molecule has 1 aliphatic carbocycles. The Kier molecular flexibility index (Phi) is 15.2. The van der Waals surface area contributed by atoms with Crippen LogP contribution in [0.15, 0.2) is 96.5 Å². The van der Waals surface area contributed by atoms with Gasteiger partial charge in [-0.3, -0.25) is 19.2 Å². The summed E-state index contributed by atoms with van der Waals surface area (Å²) in [4.78, 5) is 61.5. The van der Waals surface area contributed by atoms with Gasteiger partial charge < -0.3 is 35.1 Å². The first-order chi connectivity index (χ1) is 32.6. The van der Waals surface area contributed by atoms with Gasteiger partial charge in [-0.15, -0.1) is 11.3 Å². The second kappa shape index (κ2) is 20.8. The number of rotatable bonds is 16. The van der Waals surface area contributed by atoms with Crippen molar-refractivity contribution < 1.29 is 33.4 Å². The van der Waals surface area contributed by atoms with E-state index in [-0.39, 0.29) is 49.0 Å². The zero-order valence-electron chi connectivity index (χ0n) is 40.6. The number of nitriles is 1. The van der Waals surface area contributed by atoms with Crippen LogP contribution >= 0.6 is 22.9 Å². The monoisotopic (exact) mass is 972 g/mol. The lowest BCUT2D eigenvalue weighted by Crippen LogP contribution is -2.74. The van der Waals surface area contributed by atoms with Crippen LogP contribution in [0, 0.1) is 40.4 Å². The minimum atomic E-state index is -0.880. The fraction of sp³-hybridized carbons (Fsp3) is 0.407. The van der Waals surface area contributed by atoms with E-state index >= 15 is 0 Å². The first-order valence-corrected chi connectivity index (χ1v) is 24.4. The number of halogens is 1. The Hall–Kier alpha value is -6.27. The predicted octanol–water partition coefficient (Wildman–Crippen LogP) is 9.65. The van der Waals surface area contributed by atoms with Gasteiger partial charge in [0.05, 0.1) is 33.3 Å². The predicted molar refractivity (Wildman–Crippen MR) is 267 cm³/mol. The Bertz CT molecular complexity index is 2690. The minimum absolute atomic E-state index is 0.112. The average Bonchev–Trinajstić information content (AvgIpc) is 3.93. The van der Waals surface area contributed by atoms with Gasteiger partial charge >= 0.3 is 0 Å². The summed E-state index contributed by atoms with van der Waals surface area (Å²) in [5.74, 6) is 0.640. The molecule has 3 atom stereocenters. The molecule has 0 bridgehead atoms. The number of aromatic nitrogens is 1. The highest BCUT2D eigenvalue weighted by atomic mass is 35.5. The summed E-state index contributed by atoms with van der Waals surface area (Å²) in [5, 5.41) is 18.7. The molecule has 3 N–H and O–H groups in total. The molecule has 1 saturated heterocycles. The highest BCUT2D eigenvalue weighted by Crippen LogP contribution is 2.55. The molecule has 2 heterocycles. The van der Waals surface area contributed by atoms with Gasteiger partial charge in [0, 0.05) is 41.6 Å². The quantitative estimate of drug-likeness (QED) is 0.0871. The van der Waals surface area contributed by atoms with Crippen LogP contribution in [-0.2, 0) is 32.3 Å². The number of hydrogen-bond donors (Lipinski definition) is 3. The second-order valence-corrected chi connectivity index (χ2v) is 21.7. The largest absolute Gasteiger partial charge is 0.489 e. The molecule has 362 valence electrons.